The summed E-state index contributed by atoms with van der Waals surface area (Å²) in [6.07, 6.45) is 3.48. The van der Waals surface area contributed by atoms with Crippen LogP contribution in [0, 0.1) is 10.1 Å². The SMILES string of the molecule is O=C(C=Cc1ccc([N+](=O)[O-])o1)NC1(C(=O)NCCNC(=O)Cc2cccc3ccccc23)CCNCC1. The van der Waals surface area contributed by atoms with Crippen molar-refractivity contribution in [1.29, 1.82) is 0 Å². The van der Waals surface area contributed by atoms with Gasteiger partial charge in [0, 0.05) is 19.2 Å². The molecule has 11 heteroatoms. The van der Waals surface area contributed by atoms with Crippen molar-refractivity contribution in [3.8, 4) is 0 Å². The molecule has 2 aromatic carbocycles. The van der Waals surface area contributed by atoms with Crippen LogP contribution in [0.3, 0.4) is 0 Å². The molecule has 0 aliphatic carbocycles. The molecule has 2 heterocycles. The number of piperidine rings is 1. The van der Waals surface area contributed by atoms with Crippen molar-refractivity contribution in [2.24, 2.45) is 0 Å². The Hall–Kier alpha value is -4.51. The van der Waals surface area contributed by atoms with Crippen molar-refractivity contribution in [3.63, 3.8) is 0 Å². The van der Waals surface area contributed by atoms with Crippen LogP contribution >= 0.6 is 0 Å². The van der Waals surface area contributed by atoms with E-state index in [0.717, 1.165) is 16.3 Å². The minimum Gasteiger partial charge on any atom is -0.401 e. The van der Waals surface area contributed by atoms with E-state index < -0.39 is 22.3 Å². The Morgan fingerprint density at radius 1 is 1.00 bits per heavy atom. The molecule has 38 heavy (non-hydrogen) atoms. The van der Waals surface area contributed by atoms with E-state index in [9.17, 15) is 24.5 Å². The van der Waals surface area contributed by atoms with Gasteiger partial charge in [0.25, 0.3) is 0 Å². The standard InChI is InChI=1S/C27H29N5O6/c33-23(10-8-21-9-11-25(38-21)32(36)37)31-27(12-14-28-15-13-27)26(35)30-17-16-29-24(34)18-20-6-3-5-19-4-1-2-7-22(19)20/h1-11,28H,12-18H2,(H,29,34)(H,30,35)(H,31,33). The van der Waals surface area contributed by atoms with Crippen LogP contribution in [-0.4, -0.2) is 54.4 Å². The number of hydrogen-bond acceptors (Lipinski definition) is 7. The third kappa shape index (κ3) is 6.62. The summed E-state index contributed by atoms with van der Waals surface area (Å²) in [5.74, 6) is -1.29. The van der Waals surface area contributed by atoms with Crippen LogP contribution in [-0.2, 0) is 20.8 Å². The van der Waals surface area contributed by atoms with Gasteiger partial charge < -0.3 is 25.7 Å². The lowest BCUT2D eigenvalue weighted by atomic mass is 9.87. The van der Waals surface area contributed by atoms with Gasteiger partial charge in [-0.1, -0.05) is 42.5 Å². The number of nitro groups is 1. The second kappa shape index (κ2) is 12.2. The van der Waals surface area contributed by atoms with Gasteiger partial charge in [-0.15, -0.1) is 0 Å². The lowest BCUT2D eigenvalue weighted by Gasteiger charge is -2.36. The zero-order valence-electron chi connectivity index (χ0n) is 20.7. The van der Waals surface area contributed by atoms with Crippen LogP contribution in [0.1, 0.15) is 24.2 Å². The molecule has 0 bridgehead atoms. The Kier molecular flexibility index (Phi) is 8.49. The predicted octanol–water partition coefficient (Wildman–Crippen LogP) is 2.07. The molecule has 1 aromatic heterocycles. The first-order valence-corrected chi connectivity index (χ1v) is 12.3. The number of carbonyl (C=O) groups is 3. The Labute approximate surface area is 218 Å². The monoisotopic (exact) mass is 519 g/mol. The first-order valence-electron chi connectivity index (χ1n) is 12.3. The minimum atomic E-state index is -1.12. The summed E-state index contributed by atoms with van der Waals surface area (Å²) in [7, 11) is 0. The molecule has 1 aliphatic heterocycles. The fourth-order valence-corrected chi connectivity index (χ4v) is 4.46. The maximum atomic E-state index is 13.1. The van der Waals surface area contributed by atoms with E-state index in [0.29, 0.717) is 25.9 Å². The number of hydrogen-bond donors (Lipinski definition) is 4. The average molecular weight is 520 g/mol. The second-order valence-electron chi connectivity index (χ2n) is 9.01. The van der Waals surface area contributed by atoms with Gasteiger partial charge in [-0.2, -0.15) is 0 Å². The topological polar surface area (TPSA) is 156 Å². The molecule has 0 unspecified atom stereocenters. The number of benzene rings is 2. The second-order valence-corrected chi connectivity index (χ2v) is 9.01. The highest BCUT2D eigenvalue weighted by Crippen LogP contribution is 2.21. The summed E-state index contributed by atoms with van der Waals surface area (Å²) in [4.78, 5) is 48.3. The summed E-state index contributed by atoms with van der Waals surface area (Å²) in [5, 5.41) is 24.5. The summed E-state index contributed by atoms with van der Waals surface area (Å²) in [6.45, 7) is 1.54. The smallest absolute Gasteiger partial charge is 0.401 e. The molecule has 1 aliphatic rings. The van der Waals surface area contributed by atoms with Crippen molar-refractivity contribution >= 4 is 40.5 Å². The quantitative estimate of drug-likeness (QED) is 0.138. The molecule has 0 saturated carbocycles. The zero-order chi connectivity index (χ0) is 27.0. The largest absolute Gasteiger partial charge is 0.433 e. The van der Waals surface area contributed by atoms with E-state index in [1.165, 1.54) is 24.3 Å². The average Bonchev–Trinajstić information content (AvgIpc) is 3.40. The van der Waals surface area contributed by atoms with Crippen LogP contribution in [0.15, 0.2) is 65.1 Å². The van der Waals surface area contributed by atoms with E-state index in [4.69, 9.17) is 4.42 Å². The van der Waals surface area contributed by atoms with Crippen molar-refractivity contribution in [2.45, 2.75) is 24.8 Å². The molecule has 1 fully saturated rings. The Balaban J connectivity index is 1.28. The van der Waals surface area contributed by atoms with Crippen molar-refractivity contribution in [1.82, 2.24) is 21.3 Å². The van der Waals surface area contributed by atoms with Crippen molar-refractivity contribution in [3.05, 3.63) is 82.1 Å². The van der Waals surface area contributed by atoms with Gasteiger partial charge in [0.05, 0.1) is 12.5 Å². The fourth-order valence-electron chi connectivity index (χ4n) is 4.46. The zero-order valence-corrected chi connectivity index (χ0v) is 20.7. The molecule has 198 valence electrons. The van der Waals surface area contributed by atoms with Crippen molar-refractivity contribution in [2.75, 3.05) is 26.2 Å². The summed E-state index contributed by atoms with van der Waals surface area (Å²) >= 11 is 0. The lowest BCUT2D eigenvalue weighted by molar-refractivity contribution is -0.402. The van der Waals surface area contributed by atoms with Crippen molar-refractivity contribution < 1.29 is 23.7 Å². The number of furan rings is 1. The number of nitrogens with one attached hydrogen (secondary N) is 4. The molecule has 11 nitrogen and oxygen atoms in total. The third-order valence-electron chi connectivity index (χ3n) is 6.41. The number of nitrogens with zero attached hydrogens (tertiary/aromatic N) is 1. The molecule has 0 spiro atoms. The number of fused-ring (bicyclic) bond motifs is 1. The lowest BCUT2D eigenvalue weighted by Crippen LogP contribution is -2.63. The Morgan fingerprint density at radius 3 is 2.50 bits per heavy atom. The van der Waals surface area contributed by atoms with Crippen LogP contribution in [0.4, 0.5) is 5.88 Å². The van der Waals surface area contributed by atoms with Crippen LogP contribution in [0.25, 0.3) is 16.8 Å². The van der Waals surface area contributed by atoms with Crippen LogP contribution in [0.5, 0.6) is 0 Å². The minimum absolute atomic E-state index is 0.148. The molecular weight excluding hydrogens is 490 g/mol. The van der Waals surface area contributed by atoms with E-state index >= 15 is 0 Å². The molecule has 1 saturated heterocycles. The first-order chi connectivity index (χ1) is 18.4. The van der Waals surface area contributed by atoms with E-state index in [2.05, 4.69) is 21.3 Å². The summed E-state index contributed by atoms with van der Waals surface area (Å²) < 4.78 is 5.01. The summed E-state index contributed by atoms with van der Waals surface area (Å²) in [5.41, 5.74) is -0.187. The molecule has 4 N–H and O–H groups in total. The number of carbonyl (C=O) groups excluding carboxylic acids is 3. The van der Waals surface area contributed by atoms with Gasteiger partial charge in [0.1, 0.15) is 16.2 Å². The molecule has 3 amide bonds. The van der Waals surface area contributed by atoms with Crippen LogP contribution < -0.4 is 21.3 Å². The normalized spacial score (nSPS) is 14.7. The third-order valence-corrected chi connectivity index (χ3v) is 6.41. The number of amides is 3. The highest BCUT2D eigenvalue weighted by atomic mass is 16.6. The maximum absolute atomic E-state index is 13.1. The molecular formula is C27H29N5O6. The van der Waals surface area contributed by atoms with Gasteiger partial charge >= 0.3 is 5.88 Å². The van der Waals surface area contributed by atoms with Gasteiger partial charge in [0.15, 0.2) is 0 Å². The van der Waals surface area contributed by atoms with Gasteiger partial charge in [-0.05, 0) is 54.4 Å². The summed E-state index contributed by atoms with van der Waals surface area (Å²) in [6, 6.07) is 16.3. The molecule has 3 aromatic rings. The van der Waals surface area contributed by atoms with Gasteiger partial charge in [0.2, 0.25) is 17.7 Å². The predicted molar refractivity (Wildman–Crippen MR) is 141 cm³/mol. The van der Waals surface area contributed by atoms with Gasteiger partial charge in [-0.3, -0.25) is 24.5 Å². The molecule has 0 radical (unpaired) electrons. The van der Waals surface area contributed by atoms with E-state index in [-0.39, 0.29) is 37.1 Å². The molecule has 4 rings (SSSR count). The van der Waals surface area contributed by atoms with E-state index in [1.807, 2.05) is 42.5 Å². The molecule has 0 atom stereocenters. The Morgan fingerprint density at radius 2 is 1.74 bits per heavy atom. The Bertz CT molecular complexity index is 1350. The van der Waals surface area contributed by atoms with E-state index in [1.54, 1.807) is 0 Å². The highest BCUT2D eigenvalue weighted by Gasteiger charge is 2.40. The maximum Gasteiger partial charge on any atom is 0.433 e. The fraction of sp³-hybridized carbons (Fsp3) is 0.296. The highest BCUT2D eigenvalue weighted by molar-refractivity contribution is 5.97. The van der Waals surface area contributed by atoms with Crippen LogP contribution in [0.2, 0.25) is 0 Å². The number of rotatable bonds is 10. The first kappa shape index (κ1) is 26.6. The van der Waals surface area contributed by atoms with Gasteiger partial charge in [-0.25, -0.2) is 0 Å².